The molecule has 3 aromatic heterocycles. The first-order valence-corrected chi connectivity index (χ1v) is 15.6. The van der Waals surface area contributed by atoms with E-state index in [9.17, 15) is 0 Å². The summed E-state index contributed by atoms with van der Waals surface area (Å²) >= 11 is 0. The summed E-state index contributed by atoms with van der Waals surface area (Å²) in [5.41, 5.74) is 9.03. The van der Waals surface area contributed by atoms with Gasteiger partial charge in [-0.05, 0) is 46.6 Å². The van der Waals surface area contributed by atoms with Gasteiger partial charge in [-0.3, -0.25) is 0 Å². The van der Waals surface area contributed by atoms with Crippen LogP contribution in [0.4, 0.5) is 0 Å². The molecule has 1 radical (unpaired) electrons. The number of rotatable bonds is 5. The van der Waals surface area contributed by atoms with E-state index in [1.54, 1.807) is 18.3 Å². The van der Waals surface area contributed by atoms with Crippen LogP contribution in [0, 0.1) is 19.0 Å². The molecule has 0 unspecified atom stereocenters. The van der Waals surface area contributed by atoms with Gasteiger partial charge in [0.15, 0.2) is 0 Å². The van der Waals surface area contributed by atoms with Crippen molar-refractivity contribution in [2.75, 3.05) is 0 Å². The first kappa shape index (κ1) is 29.0. The van der Waals surface area contributed by atoms with Crippen molar-refractivity contribution in [1.82, 2.24) is 9.97 Å². The average Bonchev–Trinajstić information content (AvgIpc) is 3.54. The molecule has 0 atom stereocenters. The second kappa shape index (κ2) is 14.3. The van der Waals surface area contributed by atoms with Crippen molar-refractivity contribution in [1.29, 1.82) is 0 Å². The molecule has 0 saturated carbocycles. The standard InChI is InChI=1S/C24H16NO.C20H18N.Ir/c1-16-13-22(25-15-21(16)17-7-3-2-4-8-17)18-11-12-24-20(14-18)19-9-5-6-10-23(19)26-24;1-20(2,17-11-7-4-8-12-17)18-13-14-19(21-15-18)16-9-5-3-6-10-16;/h2-10,12-15H,1H3;3-9,11-15H,1-2H3;/q2*-1;/i1D3;;. The molecule has 0 amide bonds. The molecule has 0 aliphatic carbocycles. The van der Waals surface area contributed by atoms with Crippen LogP contribution in [-0.2, 0) is 25.5 Å². The van der Waals surface area contributed by atoms with Gasteiger partial charge in [0.2, 0.25) is 0 Å². The first-order valence-electron chi connectivity index (χ1n) is 17.1. The fourth-order valence-electron chi connectivity index (χ4n) is 5.77. The van der Waals surface area contributed by atoms with Crippen molar-refractivity contribution in [2.45, 2.75) is 26.1 Å². The molecule has 0 bridgehead atoms. The Morgan fingerprint density at radius 2 is 1.35 bits per heavy atom. The molecule has 237 valence electrons. The van der Waals surface area contributed by atoms with Gasteiger partial charge < -0.3 is 14.4 Å². The molecule has 0 N–H and O–H groups in total. The average molecular weight is 802 g/mol. The third kappa shape index (κ3) is 6.78. The van der Waals surface area contributed by atoms with Gasteiger partial charge in [0.05, 0.1) is 5.58 Å². The Hall–Kier alpha value is -5.15. The van der Waals surface area contributed by atoms with Crippen molar-refractivity contribution in [2.24, 2.45) is 0 Å². The van der Waals surface area contributed by atoms with Crippen LogP contribution in [0.2, 0.25) is 0 Å². The summed E-state index contributed by atoms with van der Waals surface area (Å²) in [5, 5.41) is 1.97. The van der Waals surface area contributed by atoms with Gasteiger partial charge in [-0.15, -0.1) is 59.7 Å². The van der Waals surface area contributed by atoms with E-state index in [1.807, 2.05) is 97.2 Å². The normalized spacial score (nSPS) is 12.2. The second-order valence-corrected chi connectivity index (χ2v) is 11.9. The maximum absolute atomic E-state index is 8.02. The molecule has 8 aromatic rings. The molecule has 48 heavy (non-hydrogen) atoms. The smallest absolute Gasteiger partial charge is 0.120 e. The molecule has 5 aromatic carbocycles. The van der Waals surface area contributed by atoms with Crippen molar-refractivity contribution in [3.05, 3.63) is 181 Å². The molecule has 0 aliphatic rings. The predicted molar refractivity (Wildman–Crippen MR) is 193 cm³/mol. The van der Waals surface area contributed by atoms with E-state index in [0.29, 0.717) is 11.3 Å². The maximum atomic E-state index is 8.02. The number of hydrogen-bond acceptors (Lipinski definition) is 3. The summed E-state index contributed by atoms with van der Waals surface area (Å²) in [5.74, 6) is 0. The zero-order valence-corrected chi connectivity index (χ0v) is 29.0. The molecule has 0 saturated heterocycles. The maximum Gasteiger partial charge on any atom is 0.120 e. The Bertz CT molecular complexity index is 2370. The summed E-state index contributed by atoms with van der Waals surface area (Å²) in [4.78, 5) is 9.17. The van der Waals surface area contributed by atoms with Gasteiger partial charge in [0.25, 0.3) is 0 Å². The molecule has 3 heterocycles. The van der Waals surface area contributed by atoms with Crippen LogP contribution in [0.5, 0.6) is 0 Å². The molecule has 0 spiro atoms. The van der Waals surface area contributed by atoms with Crippen molar-refractivity contribution >= 4 is 21.9 Å². The zero-order chi connectivity index (χ0) is 34.7. The molecule has 4 heteroatoms. The minimum Gasteiger partial charge on any atom is -0.500 e. The molecule has 3 nitrogen and oxygen atoms in total. The molecular weight excluding hydrogens is 765 g/mol. The Labute approximate surface area is 299 Å². The van der Waals surface area contributed by atoms with Crippen LogP contribution in [0.25, 0.3) is 55.6 Å². The zero-order valence-electron chi connectivity index (χ0n) is 29.6. The first-order chi connectivity index (χ1) is 24.2. The summed E-state index contributed by atoms with van der Waals surface area (Å²) in [7, 11) is 0. The van der Waals surface area contributed by atoms with Crippen LogP contribution >= 0.6 is 0 Å². The van der Waals surface area contributed by atoms with Crippen LogP contribution in [-0.4, -0.2) is 9.97 Å². The predicted octanol–water partition coefficient (Wildman–Crippen LogP) is 11.3. The molecule has 0 aliphatic heterocycles. The quantitative estimate of drug-likeness (QED) is 0.163. The Morgan fingerprint density at radius 3 is 2.08 bits per heavy atom. The summed E-state index contributed by atoms with van der Waals surface area (Å²) in [6.45, 7) is 2.20. The van der Waals surface area contributed by atoms with Crippen LogP contribution < -0.4 is 0 Å². The molecular formula is C44H34IrN2O-2. The Morgan fingerprint density at radius 1 is 0.625 bits per heavy atom. The minimum atomic E-state index is -2.25. The number of aromatic nitrogens is 2. The number of fused-ring (bicyclic) bond motifs is 3. The van der Waals surface area contributed by atoms with E-state index in [0.717, 1.165) is 44.3 Å². The Kier molecular flexibility index (Phi) is 8.65. The van der Waals surface area contributed by atoms with Gasteiger partial charge in [-0.2, -0.15) is 0 Å². The van der Waals surface area contributed by atoms with Gasteiger partial charge in [0, 0.05) is 53.0 Å². The summed E-state index contributed by atoms with van der Waals surface area (Å²) < 4.78 is 29.9. The number of furan rings is 1. The van der Waals surface area contributed by atoms with Gasteiger partial charge in [-0.25, -0.2) is 0 Å². The molecule has 0 fully saturated rings. The third-order valence-corrected chi connectivity index (χ3v) is 8.54. The number of aryl methyl sites for hydroxylation is 1. The van der Waals surface area contributed by atoms with E-state index < -0.39 is 6.85 Å². The number of benzene rings is 5. The minimum absolute atomic E-state index is 0. The fraction of sp³-hybridized carbons (Fsp3) is 0.0909. The second-order valence-electron chi connectivity index (χ2n) is 11.9. The van der Waals surface area contributed by atoms with Crippen molar-refractivity contribution < 1.29 is 28.6 Å². The van der Waals surface area contributed by atoms with Crippen LogP contribution in [0.1, 0.15) is 34.7 Å². The van der Waals surface area contributed by atoms with Crippen molar-refractivity contribution in [3.63, 3.8) is 0 Å². The van der Waals surface area contributed by atoms with Crippen molar-refractivity contribution in [3.8, 4) is 33.6 Å². The summed E-state index contributed by atoms with van der Waals surface area (Å²) in [6.07, 6.45) is 3.61. The van der Waals surface area contributed by atoms with E-state index in [2.05, 4.69) is 72.3 Å². The Balaban J connectivity index is 0.000000181. The van der Waals surface area contributed by atoms with E-state index in [1.165, 1.54) is 11.1 Å². The number of para-hydroxylation sites is 1. The van der Waals surface area contributed by atoms with E-state index in [4.69, 9.17) is 8.53 Å². The SMILES string of the molecule is CC(C)(c1ccccc1)c1ccc(-c2[c-]cccc2)nc1.[2H]C([2H])([2H])c1cc(-c2[c-]cc3oc4ccccc4c3c2)ncc1-c1ccccc1.[Ir]. The number of pyridine rings is 2. The largest absolute Gasteiger partial charge is 0.500 e. The van der Waals surface area contributed by atoms with Crippen LogP contribution in [0.15, 0.2) is 156 Å². The van der Waals surface area contributed by atoms with E-state index >= 15 is 0 Å². The number of hydrogen-bond donors (Lipinski definition) is 0. The fourth-order valence-corrected chi connectivity index (χ4v) is 5.77. The monoisotopic (exact) mass is 802 g/mol. The van der Waals surface area contributed by atoms with Gasteiger partial charge in [0.1, 0.15) is 5.58 Å². The molecule has 8 rings (SSSR count). The van der Waals surface area contributed by atoms with Gasteiger partial charge >= 0.3 is 0 Å². The summed E-state index contributed by atoms with van der Waals surface area (Å²) in [6, 6.07) is 51.8. The van der Waals surface area contributed by atoms with Crippen LogP contribution in [0.3, 0.4) is 0 Å². The van der Waals surface area contributed by atoms with Gasteiger partial charge in [-0.1, -0.05) is 116 Å². The topological polar surface area (TPSA) is 38.9 Å². The van der Waals surface area contributed by atoms with E-state index in [-0.39, 0.29) is 31.1 Å². The third-order valence-electron chi connectivity index (χ3n) is 8.54. The number of nitrogens with zero attached hydrogens (tertiary/aromatic N) is 2.